The lowest BCUT2D eigenvalue weighted by Gasteiger charge is -2.03. The molecule has 0 aromatic carbocycles. The lowest BCUT2D eigenvalue weighted by molar-refractivity contribution is 0.827. The summed E-state index contributed by atoms with van der Waals surface area (Å²) < 4.78 is 0. The quantitative estimate of drug-likeness (QED) is 0.516. The summed E-state index contributed by atoms with van der Waals surface area (Å²) in [5, 5.41) is 0. The second-order valence-electron chi connectivity index (χ2n) is 3.10. The van der Waals surface area contributed by atoms with Gasteiger partial charge in [-0.1, -0.05) is 79.0 Å². The average Bonchev–Trinajstić information content (AvgIpc) is 2.32. The van der Waals surface area contributed by atoms with Crippen LogP contribution in [-0.4, -0.2) is 0 Å². The molecule has 0 rings (SSSR count). The minimum absolute atomic E-state index is 0.549. The molecule has 0 aromatic rings. The normalized spacial score (nSPS) is 10.1. The molecule has 0 heteroatoms. The first-order valence-electron chi connectivity index (χ1n) is 6.28. The predicted octanol–water partition coefficient (Wildman–Crippen LogP) is 5.94. The van der Waals surface area contributed by atoms with E-state index in [0.29, 0.717) is 5.92 Å². The van der Waals surface area contributed by atoms with Crippen molar-refractivity contribution in [3.63, 3.8) is 0 Å². The molecule has 0 unspecified atom stereocenters. The second kappa shape index (κ2) is 16.4. The Morgan fingerprint density at radius 3 is 1.75 bits per heavy atom. The fraction of sp³-hybridized carbons (Fsp3) is 0.500. The van der Waals surface area contributed by atoms with E-state index >= 15 is 0 Å². The highest BCUT2D eigenvalue weighted by atomic mass is 14.0. The van der Waals surface area contributed by atoms with Crippen LogP contribution in [0, 0.1) is 5.92 Å². The molecule has 0 saturated carbocycles. The van der Waals surface area contributed by atoms with Crippen LogP contribution < -0.4 is 0 Å². The minimum Gasteiger partial charge on any atom is -0.0985 e. The van der Waals surface area contributed by atoms with Crippen molar-refractivity contribution >= 4 is 0 Å². The van der Waals surface area contributed by atoms with Gasteiger partial charge in [0.05, 0.1) is 0 Å². The standard InChI is InChI=1S/C12H18.2C2H6/c1-6-8-12(9-10(3)4)11(5)7-2;2*1-2/h6-10H,2,5H2,1,3-4H3;2*1-2H3/b8-6-,12-9-;;. The van der Waals surface area contributed by atoms with Crippen LogP contribution in [0.1, 0.15) is 48.5 Å². The van der Waals surface area contributed by atoms with E-state index in [-0.39, 0.29) is 0 Å². The summed E-state index contributed by atoms with van der Waals surface area (Å²) in [5.74, 6) is 0.549. The van der Waals surface area contributed by atoms with E-state index in [1.54, 1.807) is 6.08 Å². The maximum absolute atomic E-state index is 3.91. The van der Waals surface area contributed by atoms with E-state index in [1.165, 1.54) is 5.57 Å². The van der Waals surface area contributed by atoms with Crippen LogP contribution in [0.15, 0.2) is 48.6 Å². The maximum atomic E-state index is 3.91. The van der Waals surface area contributed by atoms with Crippen LogP contribution in [0.2, 0.25) is 0 Å². The number of hydrogen-bond donors (Lipinski definition) is 0. The van der Waals surface area contributed by atoms with Crippen molar-refractivity contribution in [2.45, 2.75) is 48.5 Å². The van der Waals surface area contributed by atoms with Crippen LogP contribution in [0.4, 0.5) is 0 Å². The van der Waals surface area contributed by atoms with E-state index in [9.17, 15) is 0 Å². The molecule has 0 amide bonds. The zero-order valence-electron chi connectivity index (χ0n) is 12.3. The van der Waals surface area contributed by atoms with Crippen molar-refractivity contribution in [1.82, 2.24) is 0 Å². The third kappa shape index (κ3) is 13.0. The van der Waals surface area contributed by atoms with Gasteiger partial charge in [0.2, 0.25) is 0 Å². The second-order valence-corrected chi connectivity index (χ2v) is 3.10. The number of allylic oxidation sites excluding steroid dienone is 6. The maximum Gasteiger partial charge on any atom is -0.0231 e. The molecule has 0 heterocycles. The van der Waals surface area contributed by atoms with Gasteiger partial charge in [0.15, 0.2) is 0 Å². The van der Waals surface area contributed by atoms with Crippen LogP contribution in [-0.2, 0) is 0 Å². The molecule has 94 valence electrons. The topological polar surface area (TPSA) is 0 Å². The molecule has 0 fully saturated rings. The third-order valence-corrected chi connectivity index (χ3v) is 1.48. The van der Waals surface area contributed by atoms with E-state index < -0.39 is 0 Å². The van der Waals surface area contributed by atoms with E-state index in [4.69, 9.17) is 0 Å². The number of rotatable bonds is 4. The van der Waals surface area contributed by atoms with Crippen molar-refractivity contribution in [2.75, 3.05) is 0 Å². The largest absolute Gasteiger partial charge is 0.0985 e. The molecule has 0 spiro atoms. The zero-order chi connectivity index (χ0) is 13.6. The van der Waals surface area contributed by atoms with Gasteiger partial charge in [0, 0.05) is 0 Å². The summed E-state index contributed by atoms with van der Waals surface area (Å²) >= 11 is 0. The fourth-order valence-corrected chi connectivity index (χ4v) is 0.926. The molecule has 0 nitrogen and oxygen atoms in total. The van der Waals surface area contributed by atoms with Crippen LogP contribution >= 0.6 is 0 Å². The Bertz CT molecular complexity index is 214. The summed E-state index contributed by atoms with van der Waals surface area (Å²) in [7, 11) is 0. The highest BCUT2D eigenvalue weighted by Gasteiger charge is 1.95. The van der Waals surface area contributed by atoms with Crippen LogP contribution in [0.3, 0.4) is 0 Å². The van der Waals surface area contributed by atoms with Crippen LogP contribution in [0.5, 0.6) is 0 Å². The molecule has 16 heavy (non-hydrogen) atoms. The Kier molecular flexibility index (Phi) is 20.9. The summed E-state index contributed by atoms with van der Waals surface area (Å²) in [6.07, 6.45) is 8.05. The predicted molar refractivity (Wildman–Crippen MR) is 79.8 cm³/mol. The van der Waals surface area contributed by atoms with Gasteiger partial charge in [-0.3, -0.25) is 0 Å². The van der Waals surface area contributed by atoms with Crippen molar-refractivity contribution in [3.05, 3.63) is 48.6 Å². The van der Waals surface area contributed by atoms with Gasteiger partial charge in [-0.05, 0) is 24.0 Å². The van der Waals surface area contributed by atoms with Gasteiger partial charge in [-0.2, -0.15) is 0 Å². The first kappa shape index (κ1) is 20.4. The molecule has 0 bridgehead atoms. The first-order chi connectivity index (χ1) is 7.61. The van der Waals surface area contributed by atoms with Crippen molar-refractivity contribution in [1.29, 1.82) is 0 Å². The van der Waals surface area contributed by atoms with Crippen molar-refractivity contribution in [3.8, 4) is 0 Å². The lowest BCUT2D eigenvalue weighted by atomic mass is 10.0. The highest BCUT2D eigenvalue weighted by Crippen LogP contribution is 2.13. The zero-order valence-corrected chi connectivity index (χ0v) is 12.3. The van der Waals surface area contributed by atoms with E-state index in [2.05, 4.69) is 39.2 Å². The monoisotopic (exact) mass is 222 g/mol. The number of hydrogen-bond acceptors (Lipinski definition) is 0. The summed E-state index contributed by atoms with van der Waals surface area (Å²) in [4.78, 5) is 0. The van der Waals surface area contributed by atoms with Gasteiger partial charge >= 0.3 is 0 Å². The van der Waals surface area contributed by atoms with Gasteiger partial charge in [-0.15, -0.1) is 0 Å². The SMILES string of the molecule is C=CC(=C)C(/C=C\C)=C\C(C)C.CC.CC. The summed E-state index contributed by atoms with van der Waals surface area (Å²) in [6, 6.07) is 0. The van der Waals surface area contributed by atoms with Crippen molar-refractivity contribution < 1.29 is 0 Å². The molecule has 0 aliphatic rings. The van der Waals surface area contributed by atoms with E-state index in [1.807, 2.05) is 40.7 Å². The van der Waals surface area contributed by atoms with Gasteiger partial charge in [-0.25, -0.2) is 0 Å². The summed E-state index contributed by atoms with van der Waals surface area (Å²) in [6.45, 7) is 21.9. The van der Waals surface area contributed by atoms with Gasteiger partial charge in [0.25, 0.3) is 0 Å². The molecule has 0 aliphatic heterocycles. The highest BCUT2D eigenvalue weighted by molar-refractivity contribution is 5.43. The van der Waals surface area contributed by atoms with Crippen LogP contribution in [0.25, 0.3) is 0 Å². The average molecular weight is 222 g/mol. The van der Waals surface area contributed by atoms with E-state index in [0.717, 1.165) is 5.57 Å². The Morgan fingerprint density at radius 1 is 1.06 bits per heavy atom. The molecule has 0 atom stereocenters. The molecule has 0 aromatic heterocycles. The minimum atomic E-state index is 0.549. The van der Waals surface area contributed by atoms with Crippen molar-refractivity contribution in [2.24, 2.45) is 5.92 Å². The first-order valence-corrected chi connectivity index (χ1v) is 6.28. The molecule has 0 N–H and O–H groups in total. The molecule has 0 aliphatic carbocycles. The molecule has 0 saturated heterocycles. The Labute approximate surface area is 103 Å². The summed E-state index contributed by atoms with van der Waals surface area (Å²) in [5.41, 5.74) is 2.16. The molecule has 0 radical (unpaired) electrons. The Hall–Kier alpha value is -1.04. The molecular formula is C16H30. The smallest absolute Gasteiger partial charge is 0.0231 e. The fourth-order valence-electron chi connectivity index (χ4n) is 0.926. The third-order valence-electron chi connectivity index (χ3n) is 1.48. The Morgan fingerprint density at radius 2 is 1.50 bits per heavy atom. The molecular weight excluding hydrogens is 192 g/mol. The Balaban J connectivity index is -0.000000376. The van der Waals surface area contributed by atoms with Gasteiger partial charge in [0.1, 0.15) is 0 Å². The van der Waals surface area contributed by atoms with Gasteiger partial charge < -0.3 is 0 Å². The lowest BCUT2D eigenvalue weighted by Crippen LogP contribution is -1.86.